The van der Waals surface area contributed by atoms with Crippen LogP contribution in [0.5, 0.6) is 5.75 Å². The molecule has 0 fully saturated rings. The minimum Gasteiger partial charge on any atom is -0.491 e. The van der Waals surface area contributed by atoms with Crippen LogP contribution in [0.4, 0.5) is 4.39 Å². The van der Waals surface area contributed by atoms with E-state index in [0.717, 1.165) is 17.5 Å². The summed E-state index contributed by atoms with van der Waals surface area (Å²) < 4.78 is 20.4. The van der Waals surface area contributed by atoms with E-state index in [9.17, 15) is 19.1 Å². The summed E-state index contributed by atoms with van der Waals surface area (Å²) in [5.41, 5.74) is 2.75. The first-order valence-corrected chi connectivity index (χ1v) is 15.0. The first-order valence-electron chi connectivity index (χ1n) is 13.6. The summed E-state index contributed by atoms with van der Waals surface area (Å²) in [7, 11) is 1.66. The molecule has 3 unspecified atom stereocenters. The van der Waals surface area contributed by atoms with Crippen LogP contribution < -0.4 is 15.4 Å². The fourth-order valence-corrected chi connectivity index (χ4v) is 5.04. The Bertz CT molecular complexity index is 1090. The number of benzene rings is 1. The van der Waals surface area contributed by atoms with Gasteiger partial charge in [0.1, 0.15) is 6.04 Å². The second-order valence-corrected chi connectivity index (χ2v) is 10.9. The van der Waals surface area contributed by atoms with Crippen molar-refractivity contribution in [2.24, 2.45) is 0 Å². The molecule has 0 saturated heterocycles. The quantitative estimate of drug-likeness (QED) is 0.433. The third-order valence-corrected chi connectivity index (χ3v) is 7.63. The summed E-state index contributed by atoms with van der Waals surface area (Å²) in [4.78, 5) is 32.2. The van der Waals surface area contributed by atoms with Gasteiger partial charge in [-0.3, -0.25) is 14.6 Å². The zero-order valence-corrected chi connectivity index (χ0v) is 23.9. The Morgan fingerprint density at radius 3 is 2.79 bits per heavy atom. The number of hydrogen-bond acceptors (Lipinski definition) is 7. The van der Waals surface area contributed by atoms with Crippen molar-refractivity contribution >= 4 is 23.6 Å². The highest BCUT2D eigenvalue weighted by atomic mass is 32.2. The van der Waals surface area contributed by atoms with E-state index in [0.29, 0.717) is 43.7 Å². The van der Waals surface area contributed by atoms with E-state index in [1.54, 1.807) is 37.1 Å². The molecular weight excluding hydrogens is 519 g/mol. The molecule has 0 spiro atoms. The van der Waals surface area contributed by atoms with Crippen molar-refractivity contribution in [1.29, 1.82) is 0 Å². The second-order valence-electron chi connectivity index (χ2n) is 9.94. The fraction of sp³-hybridized carbons (Fsp3) is 0.552. The van der Waals surface area contributed by atoms with Crippen LogP contribution >= 0.6 is 11.8 Å². The molecule has 39 heavy (non-hydrogen) atoms. The maximum absolute atomic E-state index is 14.8. The number of carbonyl (C=O) groups is 2. The number of aliphatic hydroxyl groups is 1. The summed E-state index contributed by atoms with van der Waals surface area (Å²) in [6.45, 7) is 3.08. The zero-order valence-electron chi connectivity index (χ0n) is 23.1. The minimum atomic E-state index is -0.962. The maximum Gasteiger partial charge on any atom is 0.243 e. The van der Waals surface area contributed by atoms with Gasteiger partial charge >= 0.3 is 0 Å². The predicted octanol–water partition coefficient (Wildman–Crippen LogP) is 3.10. The number of nitrogens with zero attached hydrogens (tertiary/aromatic N) is 2. The lowest BCUT2D eigenvalue weighted by Crippen LogP contribution is -2.55. The molecule has 4 rings (SSSR count). The average molecular weight is 561 g/mol. The van der Waals surface area contributed by atoms with Gasteiger partial charge in [0.15, 0.2) is 11.6 Å². The second kappa shape index (κ2) is 15.8. The number of carbonyl (C=O) groups excluding carboxylic acids is 2. The molecule has 3 atom stereocenters. The largest absolute Gasteiger partial charge is 0.491 e. The SMILES string of the molecule is CCc1cncc(CNCC(O)C2Cc3ccc(c(F)c3)OCCCCC(=O)N(C)C(CCSC)C(=O)N2)c1. The molecule has 1 aromatic carbocycles. The van der Waals surface area contributed by atoms with Gasteiger partial charge in [-0.25, -0.2) is 4.39 Å². The van der Waals surface area contributed by atoms with Crippen LogP contribution in [-0.2, 0) is 29.0 Å². The average Bonchev–Trinajstić information content (AvgIpc) is 2.93. The van der Waals surface area contributed by atoms with Crippen LogP contribution in [0.2, 0.25) is 0 Å². The molecule has 0 saturated carbocycles. The number of aryl methyl sites for hydroxylation is 1. The third-order valence-electron chi connectivity index (χ3n) is 6.99. The molecular formula is C29H41FN4O4S. The van der Waals surface area contributed by atoms with Crippen molar-refractivity contribution in [3.8, 4) is 5.75 Å². The highest BCUT2D eigenvalue weighted by Crippen LogP contribution is 2.21. The number of aromatic nitrogens is 1. The Kier molecular flexibility index (Phi) is 12.5. The highest BCUT2D eigenvalue weighted by Gasteiger charge is 2.30. The minimum absolute atomic E-state index is 0.125. The van der Waals surface area contributed by atoms with Crippen LogP contribution in [0, 0.1) is 5.82 Å². The van der Waals surface area contributed by atoms with E-state index in [1.165, 1.54) is 11.0 Å². The number of thioether (sulfide) groups is 1. The van der Waals surface area contributed by atoms with E-state index in [2.05, 4.69) is 28.6 Å². The molecule has 2 aromatic rings. The van der Waals surface area contributed by atoms with E-state index in [4.69, 9.17) is 4.74 Å². The lowest BCUT2D eigenvalue weighted by molar-refractivity contribution is -0.139. The van der Waals surface area contributed by atoms with Crippen LogP contribution in [-0.4, -0.2) is 77.2 Å². The van der Waals surface area contributed by atoms with Gasteiger partial charge < -0.3 is 25.4 Å². The van der Waals surface area contributed by atoms with Gasteiger partial charge in [-0.05, 0) is 72.9 Å². The first kappa shape index (κ1) is 30.8. The normalized spacial score (nSPS) is 20.0. The van der Waals surface area contributed by atoms with E-state index < -0.39 is 24.0 Å². The van der Waals surface area contributed by atoms with Crippen LogP contribution in [0.1, 0.15) is 49.3 Å². The van der Waals surface area contributed by atoms with E-state index in [1.807, 2.05) is 12.5 Å². The number of hydrogen-bond donors (Lipinski definition) is 3. The molecule has 2 amide bonds. The zero-order chi connectivity index (χ0) is 28.2. The number of pyridine rings is 1. The number of nitrogens with one attached hydrogen (secondary N) is 2. The van der Waals surface area contributed by atoms with Crippen molar-refractivity contribution in [3.05, 3.63) is 59.2 Å². The number of likely N-dealkylation sites (N-methyl/N-ethyl adjacent to an activating group) is 1. The van der Waals surface area contributed by atoms with Crippen molar-refractivity contribution < 1.29 is 23.8 Å². The lowest BCUT2D eigenvalue weighted by Gasteiger charge is -2.31. The molecule has 1 aromatic heterocycles. The maximum atomic E-state index is 14.8. The molecule has 10 heteroatoms. The van der Waals surface area contributed by atoms with Gasteiger partial charge in [-0.2, -0.15) is 11.8 Å². The molecule has 214 valence electrons. The van der Waals surface area contributed by atoms with Gasteiger partial charge in [0, 0.05) is 39.0 Å². The molecule has 3 N–H and O–H groups in total. The Balaban J connectivity index is 1.80. The van der Waals surface area contributed by atoms with E-state index in [-0.39, 0.29) is 37.0 Å². The van der Waals surface area contributed by atoms with Crippen LogP contribution in [0.25, 0.3) is 0 Å². The number of amides is 2. The number of rotatable bonds is 9. The summed E-state index contributed by atoms with van der Waals surface area (Å²) in [6.07, 6.45) is 7.63. The van der Waals surface area contributed by atoms with Crippen LogP contribution in [0.3, 0.4) is 0 Å². The summed E-state index contributed by atoms with van der Waals surface area (Å²) in [5.74, 6) is -0.0854. The van der Waals surface area contributed by atoms with E-state index >= 15 is 0 Å². The first-order chi connectivity index (χ1) is 18.8. The summed E-state index contributed by atoms with van der Waals surface area (Å²) in [5, 5.41) is 17.4. The monoisotopic (exact) mass is 560 g/mol. The third kappa shape index (κ3) is 9.47. The van der Waals surface area contributed by atoms with Crippen molar-refractivity contribution in [2.45, 2.75) is 70.2 Å². The predicted molar refractivity (Wildman–Crippen MR) is 152 cm³/mol. The Hall–Kier alpha value is -2.69. The lowest BCUT2D eigenvalue weighted by atomic mass is 9.99. The van der Waals surface area contributed by atoms with Gasteiger partial charge in [-0.1, -0.05) is 19.1 Å². The van der Waals surface area contributed by atoms with Crippen molar-refractivity contribution in [3.63, 3.8) is 0 Å². The van der Waals surface area contributed by atoms with Crippen LogP contribution in [0.15, 0.2) is 36.7 Å². The summed E-state index contributed by atoms with van der Waals surface area (Å²) in [6, 6.07) is 5.42. The summed E-state index contributed by atoms with van der Waals surface area (Å²) >= 11 is 1.60. The number of fused-ring (bicyclic) bond motifs is 13. The van der Waals surface area contributed by atoms with Crippen molar-refractivity contribution in [1.82, 2.24) is 20.5 Å². The molecule has 2 aliphatic heterocycles. The highest BCUT2D eigenvalue weighted by molar-refractivity contribution is 7.98. The Labute approximate surface area is 235 Å². The number of halogens is 1. The molecule has 0 aliphatic carbocycles. The van der Waals surface area contributed by atoms with Gasteiger partial charge in [0.25, 0.3) is 0 Å². The number of ether oxygens (including phenoxy) is 1. The fourth-order valence-electron chi connectivity index (χ4n) is 4.58. The van der Waals surface area contributed by atoms with Crippen molar-refractivity contribution in [2.75, 3.05) is 32.2 Å². The number of aliphatic hydroxyl groups excluding tert-OH is 1. The standard InChI is InChI=1S/C29H41FN4O4S/c1-4-20-13-22(17-31-16-20)18-32-19-26(35)24-15-21-8-9-27(23(30)14-21)38-11-6-5-7-28(36)34(2)25(10-12-39-3)29(37)33-24/h8-9,13-14,16-17,24-26,32,35H,4-7,10-12,15,18-19H2,1-3H3,(H,33,37). The topological polar surface area (TPSA) is 104 Å². The molecule has 0 radical (unpaired) electrons. The van der Waals surface area contributed by atoms with Gasteiger partial charge in [0.05, 0.1) is 18.8 Å². The Morgan fingerprint density at radius 1 is 1.26 bits per heavy atom. The van der Waals surface area contributed by atoms with Gasteiger partial charge in [0.2, 0.25) is 11.8 Å². The molecule has 8 nitrogen and oxygen atoms in total. The Morgan fingerprint density at radius 2 is 2.05 bits per heavy atom. The molecule has 2 bridgehead atoms. The smallest absolute Gasteiger partial charge is 0.243 e. The van der Waals surface area contributed by atoms with Gasteiger partial charge in [-0.15, -0.1) is 0 Å². The molecule has 3 heterocycles. The molecule has 2 aliphatic rings.